The molecule has 0 aliphatic rings. The summed E-state index contributed by atoms with van der Waals surface area (Å²) in [4.78, 5) is 59.5. The molecule has 2 unspecified atom stereocenters. The summed E-state index contributed by atoms with van der Waals surface area (Å²) in [5, 5.41) is 38.6. The number of carbonyl (C=O) groups is 5. The number of amides is 1. The maximum absolute atomic E-state index is 13.0. The maximum atomic E-state index is 13.0. The minimum atomic E-state index is -2.77. The van der Waals surface area contributed by atoms with Crippen molar-refractivity contribution in [1.82, 2.24) is 4.90 Å². The SMILES string of the molecule is C=C(C)C(=O)OCC(O)COc1ccc(C(C)(CCC(=O)N(CC(=O)O)CC(=O)O)c2ccc(OCC(O)COC(=O)C(=C)C)cc2)cc1.[F][Zr][F]. The predicted molar refractivity (Wildman–Crippen MR) is 177 cm³/mol. The van der Waals surface area contributed by atoms with Gasteiger partial charge in [-0.2, -0.15) is 0 Å². The summed E-state index contributed by atoms with van der Waals surface area (Å²) in [5.41, 5.74) is 0.997. The van der Waals surface area contributed by atoms with Crippen molar-refractivity contribution in [3.05, 3.63) is 84.0 Å². The molecule has 2 rings (SSSR count). The van der Waals surface area contributed by atoms with Gasteiger partial charge < -0.3 is 44.3 Å². The number of carbonyl (C=O) groups excluding carboxylic acids is 3. The molecule has 0 bridgehead atoms. The fourth-order valence-electron chi connectivity index (χ4n) is 4.44. The van der Waals surface area contributed by atoms with Gasteiger partial charge in [0.1, 0.15) is 63.2 Å². The Balaban J connectivity index is 0.00000434. The van der Waals surface area contributed by atoms with Crippen molar-refractivity contribution in [3.8, 4) is 11.5 Å². The van der Waals surface area contributed by atoms with E-state index in [9.17, 15) is 49.7 Å². The number of carboxylic acid groups (broad SMARTS) is 2. The molecule has 14 nitrogen and oxygen atoms in total. The fourth-order valence-corrected chi connectivity index (χ4v) is 4.44. The molecule has 0 heterocycles. The number of benzene rings is 2. The molecule has 0 aliphatic heterocycles. The van der Waals surface area contributed by atoms with Crippen LogP contribution in [0.2, 0.25) is 0 Å². The van der Waals surface area contributed by atoms with Crippen LogP contribution in [0, 0.1) is 0 Å². The quantitative estimate of drug-likeness (QED) is 0.106. The van der Waals surface area contributed by atoms with E-state index < -0.39 is 84.9 Å². The van der Waals surface area contributed by atoms with Crippen LogP contribution < -0.4 is 9.47 Å². The normalized spacial score (nSPS) is 12.7. The third kappa shape index (κ3) is 16.7. The van der Waals surface area contributed by atoms with E-state index in [2.05, 4.69) is 13.2 Å². The standard InChI is InChI=1S/C35H43NO13.2FH.Zr/c1-22(2)33(44)48-20-26(37)18-46-28-10-6-24(7-11-28)35(5,15-14-30(39)36(16-31(40)41)17-32(42)43)25-8-12-29(13-9-25)47-19-27(38)21-49-34(45)23(3)4;;;/h6-13,26-27,37-38H,1,3,14-21H2,2,4-5H3,(H,40,41)(H,42,43);2*1H;/q;;;+2/p-2. The Morgan fingerprint density at radius 1 is 0.731 bits per heavy atom. The van der Waals surface area contributed by atoms with E-state index in [1.165, 1.54) is 13.8 Å². The number of halogens is 2. The molecule has 1 amide bonds. The molecule has 2 aromatic carbocycles. The number of rotatable bonds is 21. The summed E-state index contributed by atoms with van der Waals surface area (Å²) in [6.07, 6.45) is -2.21. The molecule has 4 N–H and O–H groups in total. The topological polar surface area (TPSA) is 206 Å². The molecule has 0 saturated heterocycles. The number of esters is 2. The summed E-state index contributed by atoms with van der Waals surface area (Å²) in [5.74, 6) is -3.80. The average molecular weight is 815 g/mol. The summed E-state index contributed by atoms with van der Waals surface area (Å²) in [6, 6.07) is 13.6. The number of hydrogen-bond acceptors (Lipinski definition) is 11. The van der Waals surface area contributed by atoms with Crippen molar-refractivity contribution >= 4 is 29.8 Å². The van der Waals surface area contributed by atoms with Crippen molar-refractivity contribution in [2.75, 3.05) is 39.5 Å². The third-order valence-corrected chi connectivity index (χ3v) is 7.22. The van der Waals surface area contributed by atoms with Gasteiger partial charge in [-0.05, 0) is 55.7 Å². The Labute approximate surface area is 313 Å². The number of ether oxygens (including phenoxy) is 4. The number of carboxylic acids is 2. The van der Waals surface area contributed by atoms with Crippen LogP contribution in [0.15, 0.2) is 72.8 Å². The average Bonchev–Trinajstić information content (AvgIpc) is 3.09. The first-order chi connectivity index (χ1) is 24.4. The van der Waals surface area contributed by atoms with Crippen molar-refractivity contribution in [2.45, 2.75) is 51.2 Å². The Morgan fingerprint density at radius 3 is 1.38 bits per heavy atom. The zero-order valence-corrected chi connectivity index (χ0v) is 31.5. The predicted octanol–water partition coefficient (Wildman–Crippen LogP) is 3.33. The molecule has 0 aromatic heterocycles. The Kier molecular flexibility index (Phi) is 20.3. The second-order valence-electron chi connectivity index (χ2n) is 11.7. The van der Waals surface area contributed by atoms with E-state index in [0.717, 1.165) is 16.0 Å². The number of hydrogen-bond donors (Lipinski definition) is 4. The Hall–Kier alpha value is -4.47. The molecular weight excluding hydrogens is 772 g/mol. The first-order valence-electron chi connectivity index (χ1n) is 15.6. The molecule has 2 aromatic rings. The van der Waals surface area contributed by atoms with E-state index in [0.29, 0.717) is 11.5 Å². The zero-order chi connectivity index (χ0) is 39.4. The molecule has 0 fully saturated rings. The van der Waals surface area contributed by atoms with Crippen LogP contribution in [0.5, 0.6) is 11.5 Å². The van der Waals surface area contributed by atoms with E-state index >= 15 is 0 Å². The van der Waals surface area contributed by atoms with Gasteiger partial charge in [0.2, 0.25) is 5.91 Å². The van der Waals surface area contributed by atoms with Gasteiger partial charge in [0.15, 0.2) is 0 Å². The Bertz CT molecular complexity index is 1420. The molecule has 0 spiro atoms. The van der Waals surface area contributed by atoms with E-state index in [1.54, 1.807) is 48.5 Å². The van der Waals surface area contributed by atoms with Crippen molar-refractivity contribution < 1.29 is 93.1 Å². The van der Waals surface area contributed by atoms with Gasteiger partial charge in [-0.1, -0.05) is 44.3 Å². The van der Waals surface area contributed by atoms with Crippen LogP contribution in [0.3, 0.4) is 0 Å². The van der Waals surface area contributed by atoms with Gasteiger partial charge in [0.05, 0.1) is 0 Å². The summed E-state index contributed by atoms with van der Waals surface area (Å²) < 4.78 is 40.7. The van der Waals surface area contributed by atoms with Crippen molar-refractivity contribution in [2.24, 2.45) is 0 Å². The molecule has 2 atom stereocenters. The molecule has 0 saturated carbocycles. The van der Waals surface area contributed by atoms with E-state index in [4.69, 9.17) is 18.9 Å². The van der Waals surface area contributed by atoms with Gasteiger partial charge in [-0.3, -0.25) is 14.4 Å². The number of nitrogens with zero attached hydrogens (tertiary/aromatic N) is 1. The van der Waals surface area contributed by atoms with E-state index in [-0.39, 0.29) is 50.4 Å². The van der Waals surface area contributed by atoms with Crippen LogP contribution in [-0.2, 0) is 63.3 Å². The zero-order valence-electron chi connectivity index (χ0n) is 29.0. The van der Waals surface area contributed by atoms with Gasteiger partial charge in [-0.25, -0.2) is 9.59 Å². The number of aliphatic carboxylic acids is 2. The molecule has 0 radical (unpaired) electrons. The van der Waals surface area contributed by atoms with Gasteiger partial charge in [0, 0.05) is 23.0 Å². The number of aliphatic hydroxyl groups is 2. The first-order valence-corrected chi connectivity index (χ1v) is 17.4. The van der Waals surface area contributed by atoms with Crippen molar-refractivity contribution in [3.63, 3.8) is 0 Å². The number of aliphatic hydroxyl groups excluding tert-OH is 2. The van der Waals surface area contributed by atoms with E-state index in [1.807, 2.05) is 6.92 Å². The van der Waals surface area contributed by atoms with Crippen LogP contribution in [0.4, 0.5) is 5.25 Å². The summed E-state index contributed by atoms with van der Waals surface area (Å²) >= 11 is -2.77. The van der Waals surface area contributed by atoms with Gasteiger partial charge >= 0.3 is 53.6 Å². The monoisotopic (exact) mass is 813 g/mol. The van der Waals surface area contributed by atoms with Crippen LogP contribution in [-0.4, -0.2) is 107 Å². The van der Waals surface area contributed by atoms with Crippen LogP contribution >= 0.6 is 0 Å². The summed E-state index contributed by atoms with van der Waals surface area (Å²) in [6.45, 7) is 9.38. The molecule has 17 heteroatoms. The fraction of sp³-hybridized carbons (Fsp3) is 0.400. The minimum absolute atomic E-state index is 0.154. The molecule has 0 aliphatic carbocycles. The van der Waals surface area contributed by atoms with Crippen LogP contribution in [0.25, 0.3) is 0 Å². The second-order valence-corrected chi connectivity index (χ2v) is 12.0. The molecular formula is C35H43F2NO13Zr. The molecule has 52 heavy (non-hydrogen) atoms. The molecule has 284 valence electrons. The van der Waals surface area contributed by atoms with Gasteiger partial charge in [0.25, 0.3) is 0 Å². The van der Waals surface area contributed by atoms with Crippen LogP contribution in [0.1, 0.15) is 44.7 Å². The first kappa shape index (κ1) is 45.6. The Morgan fingerprint density at radius 2 is 1.08 bits per heavy atom. The summed E-state index contributed by atoms with van der Waals surface area (Å²) in [7, 11) is 0. The van der Waals surface area contributed by atoms with Gasteiger partial charge in [-0.15, -0.1) is 0 Å². The second kappa shape index (κ2) is 23.2. The third-order valence-electron chi connectivity index (χ3n) is 7.22. The van der Waals surface area contributed by atoms with Crippen molar-refractivity contribution in [1.29, 1.82) is 0 Å².